The lowest BCUT2D eigenvalue weighted by molar-refractivity contribution is -0.126. The van der Waals surface area contributed by atoms with Gasteiger partial charge in [0, 0.05) is 0 Å². The highest BCUT2D eigenvalue weighted by Crippen LogP contribution is 2.26. The molecule has 0 saturated heterocycles. The number of ether oxygens (including phenoxy) is 2. The molecular weight excluding hydrogens is 236 g/mol. The topological polar surface area (TPSA) is 105 Å². The normalized spacial score (nSPS) is 11.7. The molecule has 1 atom stereocenters. The van der Waals surface area contributed by atoms with E-state index in [0.29, 0.717) is 12.1 Å². The minimum atomic E-state index is -0.955. The second-order valence-electron chi connectivity index (χ2n) is 3.63. The Hall–Kier alpha value is -2.24. The second-order valence-corrected chi connectivity index (χ2v) is 3.63. The highest BCUT2D eigenvalue weighted by molar-refractivity contribution is 5.96. The lowest BCUT2D eigenvalue weighted by Crippen LogP contribution is -2.32. The Labute approximate surface area is 105 Å². The van der Waals surface area contributed by atoms with Crippen LogP contribution in [0.15, 0.2) is 18.2 Å². The molecule has 0 heterocycles. The van der Waals surface area contributed by atoms with E-state index in [2.05, 4.69) is 0 Å². The van der Waals surface area contributed by atoms with Crippen molar-refractivity contribution in [2.45, 2.75) is 19.4 Å². The fraction of sp³-hybridized carbons (Fsp3) is 0.333. The maximum atomic E-state index is 11.9. The SMILES string of the molecule is CCC(OC(=O)c1cccc(N)c1OC)C(N)=O. The number of primary amides is 1. The van der Waals surface area contributed by atoms with E-state index in [1.807, 2.05) is 0 Å². The van der Waals surface area contributed by atoms with Gasteiger partial charge in [0.25, 0.3) is 5.91 Å². The lowest BCUT2D eigenvalue weighted by atomic mass is 10.1. The summed E-state index contributed by atoms with van der Waals surface area (Å²) < 4.78 is 10.0. The van der Waals surface area contributed by atoms with E-state index in [1.54, 1.807) is 19.1 Å². The van der Waals surface area contributed by atoms with Gasteiger partial charge in [-0.05, 0) is 18.6 Å². The summed E-state index contributed by atoms with van der Waals surface area (Å²) in [5.74, 6) is -1.15. The van der Waals surface area contributed by atoms with Crippen LogP contribution in [0.4, 0.5) is 5.69 Å². The van der Waals surface area contributed by atoms with Gasteiger partial charge in [-0.3, -0.25) is 4.79 Å². The van der Waals surface area contributed by atoms with Crippen molar-refractivity contribution in [1.82, 2.24) is 0 Å². The molecule has 6 heteroatoms. The van der Waals surface area contributed by atoms with E-state index in [0.717, 1.165) is 0 Å². The summed E-state index contributed by atoms with van der Waals surface area (Å²) in [5, 5.41) is 0. The summed E-state index contributed by atoms with van der Waals surface area (Å²) in [4.78, 5) is 22.9. The third-order valence-corrected chi connectivity index (χ3v) is 2.41. The molecule has 0 aliphatic carbocycles. The minimum absolute atomic E-state index is 0.164. The zero-order valence-electron chi connectivity index (χ0n) is 10.3. The largest absolute Gasteiger partial charge is 0.494 e. The molecule has 0 fully saturated rings. The summed E-state index contributed by atoms with van der Waals surface area (Å²) in [5.41, 5.74) is 11.3. The number of nitrogen functional groups attached to an aromatic ring is 1. The molecule has 0 radical (unpaired) electrons. The van der Waals surface area contributed by atoms with E-state index in [-0.39, 0.29) is 11.3 Å². The van der Waals surface area contributed by atoms with Gasteiger partial charge < -0.3 is 20.9 Å². The molecule has 1 aromatic carbocycles. The summed E-state index contributed by atoms with van der Waals surface area (Å²) in [6.07, 6.45) is -0.644. The number of anilines is 1. The zero-order valence-corrected chi connectivity index (χ0v) is 10.3. The quantitative estimate of drug-likeness (QED) is 0.592. The standard InChI is InChI=1S/C12H16N2O4/c1-3-9(11(14)15)18-12(16)7-5-4-6-8(13)10(7)17-2/h4-6,9H,3,13H2,1-2H3,(H2,14,15). The van der Waals surface area contributed by atoms with Crippen LogP contribution in [0.5, 0.6) is 5.75 Å². The summed E-state index contributed by atoms with van der Waals surface area (Å²) >= 11 is 0. The molecule has 1 rings (SSSR count). The first-order chi connectivity index (χ1) is 8.51. The van der Waals surface area contributed by atoms with Gasteiger partial charge in [-0.1, -0.05) is 13.0 Å². The Balaban J connectivity index is 2.97. The first-order valence-electron chi connectivity index (χ1n) is 5.44. The molecular formula is C12H16N2O4. The van der Waals surface area contributed by atoms with Crippen molar-refractivity contribution in [2.24, 2.45) is 5.73 Å². The average Bonchev–Trinajstić information content (AvgIpc) is 2.34. The van der Waals surface area contributed by atoms with E-state index < -0.39 is 18.0 Å². The van der Waals surface area contributed by atoms with Crippen LogP contribution in [0.2, 0.25) is 0 Å². The van der Waals surface area contributed by atoms with E-state index in [9.17, 15) is 9.59 Å². The molecule has 0 aliphatic heterocycles. The summed E-state index contributed by atoms with van der Waals surface area (Å²) in [6, 6.07) is 4.70. The number of hydrogen-bond acceptors (Lipinski definition) is 5. The van der Waals surface area contributed by atoms with Crippen molar-refractivity contribution in [2.75, 3.05) is 12.8 Å². The molecule has 18 heavy (non-hydrogen) atoms. The smallest absolute Gasteiger partial charge is 0.342 e. The molecule has 98 valence electrons. The third-order valence-electron chi connectivity index (χ3n) is 2.41. The Morgan fingerprint density at radius 1 is 1.39 bits per heavy atom. The molecule has 1 amide bonds. The molecule has 0 aromatic heterocycles. The van der Waals surface area contributed by atoms with Crippen LogP contribution in [-0.2, 0) is 9.53 Å². The van der Waals surface area contributed by atoms with Crippen LogP contribution in [0, 0.1) is 0 Å². The number of carbonyl (C=O) groups excluding carboxylic acids is 2. The number of benzene rings is 1. The summed E-state index contributed by atoms with van der Waals surface area (Å²) in [6.45, 7) is 1.69. The van der Waals surface area contributed by atoms with Crippen molar-refractivity contribution in [3.63, 3.8) is 0 Å². The second kappa shape index (κ2) is 5.90. The van der Waals surface area contributed by atoms with Crippen molar-refractivity contribution in [3.05, 3.63) is 23.8 Å². The van der Waals surface area contributed by atoms with E-state index in [4.69, 9.17) is 20.9 Å². The number of nitrogens with two attached hydrogens (primary N) is 2. The predicted molar refractivity (Wildman–Crippen MR) is 66.1 cm³/mol. The Morgan fingerprint density at radius 2 is 2.06 bits per heavy atom. The molecule has 1 aromatic rings. The van der Waals surface area contributed by atoms with Gasteiger partial charge in [-0.25, -0.2) is 4.79 Å². The molecule has 0 saturated carbocycles. The first-order valence-corrected chi connectivity index (χ1v) is 5.44. The first kappa shape index (κ1) is 13.8. The highest BCUT2D eigenvalue weighted by Gasteiger charge is 2.22. The van der Waals surface area contributed by atoms with Gasteiger partial charge in [0.15, 0.2) is 11.9 Å². The molecule has 6 nitrogen and oxygen atoms in total. The third kappa shape index (κ3) is 2.91. The number of para-hydroxylation sites is 1. The van der Waals surface area contributed by atoms with Gasteiger partial charge in [0.2, 0.25) is 0 Å². The van der Waals surface area contributed by atoms with Gasteiger partial charge in [-0.2, -0.15) is 0 Å². The number of carbonyl (C=O) groups is 2. The summed E-state index contributed by atoms with van der Waals surface area (Å²) in [7, 11) is 1.40. The van der Waals surface area contributed by atoms with Crippen LogP contribution < -0.4 is 16.2 Å². The minimum Gasteiger partial charge on any atom is -0.494 e. The van der Waals surface area contributed by atoms with E-state index >= 15 is 0 Å². The van der Waals surface area contributed by atoms with Gasteiger partial charge >= 0.3 is 5.97 Å². The number of amides is 1. The van der Waals surface area contributed by atoms with Crippen LogP contribution in [0.3, 0.4) is 0 Å². The Morgan fingerprint density at radius 3 is 2.56 bits per heavy atom. The Kier molecular flexibility index (Phi) is 4.53. The average molecular weight is 252 g/mol. The van der Waals surface area contributed by atoms with Gasteiger partial charge in [0.1, 0.15) is 5.56 Å². The fourth-order valence-electron chi connectivity index (χ4n) is 1.48. The van der Waals surface area contributed by atoms with Crippen LogP contribution in [0.1, 0.15) is 23.7 Å². The van der Waals surface area contributed by atoms with Crippen LogP contribution >= 0.6 is 0 Å². The molecule has 0 aliphatic rings. The Bertz CT molecular complexity index is 459. The molecule has 4 N–H and O–H groups in total. The van der Waals surface area contributed by atoms with Crippen LogP contribution in [-0.4, -0.2) is 25.1 Å². The van der Waals surface area contributed by atoms with Gasteiger partial charge in [-0.15, -0.1) is 0 Å². The zero-order chi connectivity index (χ0) is 13.7. The number of rotatable bonds is 5. The maximum Gasteiger partial charge on any atom is 0.342 e. The number of methoxy groups -OCH3 is 1. The van der Waals surface area contributed by atoms with Crippen molar-refractivity contribution >= 4 is 17.6 Å². The molecule has 0 bridgehead atoms. The highest BCUT2D eigenvalue weighted by atomic mass is 16.5. The number of esters is 1. The maximum absolute atomic E-state index is 11.9. The van der Waals surface area contributed by atoms with Crippen molar-refractivity contribution < 1.29 is 19.1 Å². The van der Waals surface area contributed by atoms with Crippen molar-refractivity contribution in [3.8, 4) is 5.75 Å². The fourth-order valence-corrected chi connectivity index (χ4v) is 1.48. The molecule has 1 unspecified atom stereocenters. The number of hydrogen-bond donors (Lipinski definition) is 2. The monoisotopic (exact) mass is 252 g/mol. The van der Waals surface area contributed by atoms with Gasteiger partial charge in [0.05, 0.1) is 12.8 Å². The van der Waals surface area contributed by atoms with Crippen molar-refractivity contribution in [1.29, 1.82) is 0 Å². The predicted octanol–water partition coefficient (Wildman–Crippen LogP) is 0.698. The van der Waals surface area contributed by atoms with E-state index in [1.165, 1.54) is 13.2 Å². The van der Waals surface area contributed by atoms with Crippen LogP contribution in [0.25, 0.3) is 0 Å². The molecule has 0 spiro atoms. The lowest BCUT2D eigenvalue weighted by Gasteiger charge is -2.14.